The molecule has 2 aromatic heterocycles. The molecule has 1 aromatic carbocycles. The van der Waals surface area contributed by atoms with Crippen LogP contribution in [-0.2, 0) is 12.7 Å². The lowest BCUT2D eigenvalue weighted by Crippen LogP contribution is -2.27. The summed E-state index contributed by atoms with van der Waals surface area (Å²) in [5.74, 6) is -1.03. The van der Waals surface area contributed by atoms with Gasteiger partial charge in [-0.25, -0.2) is 14.1 Å². The Hall–Kier alpha value is -3.50. The zero-order valence-electron chi connectivity index (χ0n) is 16.8. The predicted octanol–water partition coefficient (Wildman–Crippen LogP) is 3.60. The van der Waals surface area contributed by atoms with E-state index < -0.39 is 29.3 Å². The van der Waals surface area contributed by atoms with Crippen LogP contribution in [0.3, 0.4) is 0 Å². The molecule has 0 radical (unpaired) electrons. The first kappa shape index (κ1) is 22.2. The molecule has 2 heterocycles. The molecule has 0 bridgehead atoms. The number of aromatic nitrogens is 4. The molecule has 0 spiro atoms. The summed E-state index contributed by atoms with van der Waals surface area (Å²) >= 11 is 0. The molecule has 0 aliphatic rings. The van der Waals surface area contributed by atoms with E-state index in [2.05, 4.69) is 20.6 Å². The van der Waals surface area contributed by atoms with Crippen molar-refractivity contribution in [1.82, 2.24) is 25.3 Å². The molecule has 0 aliphatic heterocycles. The van der Waals surface area contributed by atoms with Gasteiger partial charge in [-0.05, 0) is 43.7 Å². The second kappa shape index (κ2) is 9.11. The van der Waals surface area contributed by atoms with Gasteiger partial charge < -0.3 is 10.2 Å². The SMILES string of the molecule is CCN(CC)c1ccc(CNC(=O)c2nnn(-c3cccc(F)c3)c2C(F)(F)F)cn1. The lowest BCUT2D eigenvalue weighted by molar-refractivity contribution is -0.143. The molecule has 7 nitrogen and oxygen atoms in total. The molecule has 0 saturated heterocycles. The molecular formula is C20H20F4N6O. The molecule has 1 N–H and O–H groups in total. The molecule has 3 rings (SSSR count). The quantitative estimate of drug-likeness (QED) is 0.573. The summed E-state index contributed by atoms with van der Waals surface area (Å²) in [5.41, 5.74) is -1.87. The van der Waals surface area contributed by atoms with Crippen LogP contribution in [-0.4, -0.2) is 39.0 Å². The van der Waals surface area contributed by atoms with Crippen molar-refractivity contribution in [3.05, 3.63) is 65.4 Å². The first-order valence-corrected chi connectivity index (χ1v) is 9.51. The van der Waals surface area contributed by atoms with E-state index in [1.54, 1.807) is 18.3 Å². The van der Waals surface area contributed by atoms with Crippen molar-refractivity contribution < 1.29 is 22.4 Å². The third-order valence-corrected chi connectivity index (χ3v) is 4.56. The second-order valence-corrected chi connectivity index (χ2v) is 6.56. The standard InChI is InChI=1S/C20H20F4N6O/c1-3-29(4-2)16-9-8-13(11-25-16)12-26-19(31)17-18(20(22,23)24)30(28-27-17)15-7-5-6-14(21)10-15/h5-11H,3-4,12H2,1-2H3,(H,26,31). The highest BCUT2D eigenvalue weighted by molar-refractivity contribution is 5.93. The molecule has 0 aliphatic carbocycles. The van der Waals surface area contributed by atoms with Gasteiger partial charge in [0.1, 0.15) is 11.6 Å². The summed E-state index contributed by atoms with van der Waals surface area (Å²) in [6, 6.07) is 7.93. The topological polar surface area (TPSA) is 75.9 Å². The first-order chi connectivity index (χ1) is 14.7. The first-order valence-electron chi connectivity index (χ1n) is 9.51. The number of carbonyl (C=O) groups excluding carboxylic acids is 1. The minimum atomic E-state index is -4.94. The fourth-order valence-electron chi connectivity index (χ4n) is 3.00. The van der Waals surface area contributed by atoms with Gasteiger partial charge in [-0.1, -0.05) is 17.3 Å². The number of carbonyl (C=O) groups is 1. The Morgan fingerprint density at radius 3 is 2.48 bits per heavy atom. The van der Waals surface area contributed by atoms with Crippen molar-refractivity contribution in [3.8, 4) is 5.69 Å². The van der Waals surface area contributed by atoms with Crippen LogP contribution in [0.25, 0.3) is 5.69 Å². The highest BCUT2D eigenvalue weighted by atomic mass is 19.4. The molecule has 3 aromatic rings. The Morgan fingerprint density at radius 2 is 1.90 bits per heavy atom. The number of nitrogens with zero attached hydrogens (tertiary/aromatic N) is 5. The minimum absolute atomic E-state index is 0.0471. The molecule has 164 valence electrons. The van der Waals surface area contributed by atoms with Crippen molar-refractivity contribution in [1.29, 1.82) is 0 Å². The third-order valence-electron chi connectivity index (χ3n) is 4.56. The summed E-state index contributed by atoms with van der Waals surface area (Å²) in [6.07, 6.45) is -3.39. The minimum Gasteiger partial charge on any atom is -0.357 e. The average molecular weight is 436 g/mol. The molecule has 11 heteroatoms. The van der Waals surface area contributed by atoms with Crippen LogP contribution in [0.2, 0.25) is 0 Å². The molecule has 0 fully saturated rings. The predicted molar refractivity (Wildman–Crippen MR) is 105 cm³/mol. The van der Waals surface area contributed by atoms with E-state index in [-0.39, 0.29) is 12.2 Å². The molecular weight excluding hydrogens is 416 g/mol. The maximum absolute atomic E-state index is 13.6. The number of pyridine rings is 1. The number of rotatable bonds is 7. The zero-order chi connectivity index (χ0) is 22.6. The molecule has 1 amide bonds. The van der Waals surface area contributed by atoms with Crippen LogP contribution in [0.1, 0.15) is 35.6 Å². The van der Waals surface area contributed by atoms with Crippen molar-refractivity contribution in [2.75, 3.05) is 18.0 Å². The van der Waals surface area contributed by atoms with Crippen molar-refractivity contribution in [2.24, 2.45) is 0 Å². The van der Waals surface area contributed by atoms with Gasteiger partial charge in [-0.3, -0.25) is 4.79 Å². The Balaban J connectivity index is 1.80. The smallest absolute Gasteiger partial charge is 0.357 e. The maximum Gasteiger partial charge on any atom is 0.435 e. The number of nitrogens with one attached hydrogen (secondary N) is 1. The van der Waals surface area contributed by atoms with E-state index >= 15 is 0 Å². The normalized spacial score (nSPS) is 11.4. The Bertz CT molecular complexity index is 1040. The lowest BCUT2D eigenvalue weighted by atomic mass is 10.2. The monoisotopic (exact) mass is 436 g/mol. The lowest BCUT2D eigenvalue weighted by Gasteiger charge is -2.19. The van der Waals surface area contributed by atoms with E-state index in [4.69, 9.17) is 0 Å². The van der Waals surface area contributed by atoms with Crippen LogP contribution in [0.15, 0.2) is 42.6 Å². The summed E-state index contributed by atoms with van der Waals surface area (Å²) in [6.45, 7) is 5.50. The molecule has 0 unspecified atom stereocenters. The number of amides is 1. The fraction of sp³-hybridized carbons (Fsp3) is 0.300. The third kappa shape index (κ3) is 4.98. The fourth-order valence-corrected chi connectivity index (χ4v) is 3.00. The summed E-state index contributed by atoms with van der Waals surface area (Å²) in [5, 5.41) is 9.22. The van der Waals surface area contributed by atoms with E-state index in [1.165, 1.54) is 12.1 Å². The Kier molecular flexibility index (Phi) is 6.52. The highest BCUT2D eigenvalue weighted by Crippen LogP contribution is 2.32. The number of anilines is 1. The van der Waals surface area contributed by atoms with Gasteiger partial charge in [0, 0.05) is 25.8 Å². The van der Waals surface area contributed by atoms with Gasteiger partial charge in [-0.15, -0.1) is 5.10 Å². The summed E-state index contributed by atoms with van der Waals surface area (Å²) in [7, 11) is 0. The largest absolute Gasteiger partial charge is 0.435 e. The van der Waals surface area contributed by atoms with Gasteiger partial charge in [0.05, 0.1) is 5.69 Å². The molecule has 0 saturated carbocycles. The van der Waals surface area contributed by atoms with Crippen molar-refractivity contribution in [2.45, 2.75) is 26.6 Å². The molecule has 31 heavy (non-hydrogen) atoms. The van der Waals surface area contributed by atoms with Crippen LogP contribution < -0.4 is 10.2 Å². The van der Waals surface area contributed by atoms with Crippen LogP contribution in [0, 0.1) is 5.82 Å². The maximum atomic E-state index is 13.6. The van der Waals surface area contributed by atoms with Crippen LogP contribution >= 0.6 is 0 Å². The van der Waals surface area contributed by atoms with Gasteiger partial charge >= 0.3 is 6.18 Å². The van der Waals surface area contributed by atoms with E-state index in [0.29, 0.717) is 10.2 Å². The van der Waals surface area contributed by atoms with Gasteiger partial charge in [0.25, 0.3) is 5.91 Å². The van der Waals surface area contributed by atoms with Gasteiger partial charge in [0.2, 0.25) is 0 Å². The van der Waals surface area contributed by atoms with Crippen molar-refractivity contribution in [3.63, 3.8) is 0 Å². The van der Waals surface area contributed by atoms with E-state index in [1.807, 2.05) is 18.7 Å². The Labute approximate surface area is 175 Å². The van der Waals surface area contributed by atoms with Crippen molar-refractivity contribution >= 4 is 11.7 Å². The highest BCUT2D eigenvalue weighted by Gasteiger charge is 2.42. The van der Waals surface area contributed by atoms with E-state index in [9.17, 15) is 22.4 Å². The summed E-state index contributed by atoms with van der Waals surface area (Å²) in [4.78, 5) is 18.8. The van der Waals surface area contributed by atoms with E-state index in [0.717, 1.165) is 31.0 Å². The number of alkyl halides is 3. The second-order valence-electron chi connectivity index (χ2n) is 6.56. The average Bonchev–Trinajstić information content (AvgIpc) is 3.20. The molecule has 0 atom stereocenters. The number of hydrogen-bond acceptors (Lipinski definition) is 5. The van der Waals surface area contributed by atoms with Gasteiger partial charge in [0.15, 0.2) is 11.4 Å². The Morgan fingerprint density at radius 1 is 1.16 bits per heavy atom. The number of hydrogen-bond donors (Lipinski definition) is 1. The number of halogens is 4. The zero-order valence-corrected chi connectivity index (χ0v) is 16.8. The van der Waals surface area contributed by atoms with Gasteiger partial charge in [-0.2, -0.15) is 13.2 Å². The van der Waals surface area contributed by atoms with Crippen LogP contribution in [0.5, 0.6) is 0 Å². The number of benzene rings is 1. The van der Waals surface area contributed by atoms with Crippen LogP contribution in [0.4, 0.5) is 23.4 Å². The summed E-state index contributed by atoms with van der Waals surface area (Å²) < 4.78 is 54.8.